The molecule has 1 fully saturated rings. The van der Waals surface area contributed by atoms with Gasteiger partial charge < -0.3 is 9.47 Å². The maximum absolute atomic E-state index is 12.3. The summed E-state index contributed by atoms with van der Waals surface area (Å²) in [5, 5.41) is 0. The van der Waals surface area contributed by atoms with Crippen LogP contribution in [0, 0.1) is 0 Å². The molecule has 0 amide bonds. The van der Waals surface area contributed by atoms with Crippen molar-refractivity contribution in [1.29, 1.82) is 0 Å². The van der Waals surface area contributed by atoms with Crippen LogP contribution in [-0.4, -0.2) is 29.9 Å². The van der Waals surface area contributed by atoms with Crippen LogP contribution >= 0.6 is 0 Å². The van der Waals surface area contributed by atoms with Gasteiger partial charge in [-0.25, -0.2) is 4.79 Å². The van der Waals surface area contributed by atoms with Crippen LogP contribution < -0.4 is 0 Å². The van der Waals surface area contributed by atoms with E-state index in [-0.39, 0.29) is 24.7 Å². The number of benzene rings is 2. The Hall–Kier alpha value is -2.95. The van der Waals surface area contributed by atoms with E-state index in [9.17, 15) is 14.4 Å². The first kappa shape index (κ1) is 17.9. The molecule has 0 unspecified atom stereocenters. The van der Waals surface area contributed by atoms with E-state index >= 15 is 0 Å². The quantitative estimate of drug-likeness (QED) is 0.587. The van der Waals surface area contributed by atoms with Gasteiger partial charge in [-0.05, 0) is 18.1 Å². The lowest BCUT2D eigenvalue weighted by Gasteiger charge is -2.08. The van der Waals surface area contributed by atoms with Crippen molar-refractivity contribution in [1.82, 2.24) is 0 Å². The lowest BCUT2D eigenvalue weighted by Crippen LogP contribution is -2.23. The summed E-state index contributed by atoms with van der Waals surface area (Å²) >= 11 is 0. The predicted octanol–water partition coefficient (Wildman–Crippen LogP) is 3.56. The van der Waals surface area contributed by atoms with Gasteiger partial charge in [-0.3, -0.25) is 9.59 Å². The van der Waals surface area contributed by atoms with Crippen LogP contribution in [0.2, 0.25) is 0 Å². The summed E-state index contributed by atoms with van der Waals surface area (Å²) in [4.78, 5) is 35.6. The van der Waals surface area contributed by atoms with E-state index in [4.69, 9.17) is 9.47 Å². The highest BCUT2D eigenvalue weighted by Gasteiger charge is 2.34. The molecule has 2 aromatic rings. The Bertz CT molecular complexity index is 795. The second-order valence-corrected chi connectivity index (χ2v) is 6.33. The molecule has 5 heteroatoms. The van der Waals surface area contributed by atoms with Crippen LogP contribution in [0.15, 0.2) is 54.6 Å². The first-order chi connectivity index (χ1) is 12.5. The van der Waals surface area contributed by atoms with Gasteiger partial charge in [0.25, 0.3) is 0 Å². The zero-order valence-corrected chi connectivity index (χ0v) is 14.5. The van der Waals surface area contributed by atoms with Crippen LogP contribution in [0.5, 0.6) is 0 Å². The second kappa shape index (κ2) is 7.95. The van der Waals surface area contributed by atoms with Gasteiger partial charge in [0.2, 0.25) is 6.10 Å². The van der Waals surface area contributed by atoms with Gasteiger partial charge in [0.15, 0.2) is 5.78 Å². The van der Waals surface area contributed by atoms with Crippen molar-refractivity contribution < 1.29 is 23.9 Å². The second-order valence-electron chi connectivity index (χ2n) is 6.33. The average Bonchev–Trinajstić information content (AvgIpc) is 2.97. The first-order valence-corrected chi connectivity index (χ1v) is 8.61. The van der Waals surface area contributed by atoms with E-state index in [2.05, 4.69) is 0 Å². The van der Waals surface area contributed by atoms with E-state index in [0.29, 0.717) is 12.0 Å². The Morgan fingerprint density at radius 3 is 2.27 bits per heavy atom. The van der Waals surface area contributed by atoms with Gasteiger partial charge >= 0.3 is 11.9 Å². The number of ether oxygens (including phenoxy) is 2. The molecule has 1 aliphatic heterocycles. The summed E-state index contributed by atoms with van der Waals surface area (Å²) in [5.41, 5.74) is 2.65. The zero-order chi connectivity index (χ0) is 18.5. The highest BCUT2D eigenvalue weighted by Crippen LogP contribution is 2.21. The van der Waals surface area contributed by atoms with E-state index in [1.54, 1.807) is 19.1 Å². The molecule has 1 aliphatic rings. The molecule has 2 aromatic carbocycles. The summed E-state index contributed by atoms with van der Waals surface area (Å²) in [5.74, 6) is -1.21. The van der Waals surface area contributed by atoms with Crippen LogP contribution in [0.3, 0.4) is 0 Å². The Morgan fingerprint density at radius 1 is 1.00 bits per heavy atom. The minimum absolute atomic E-state index is 0.0425. The van der Waals surface area contributed by atoms with E-state index in [0.717, 1.165) is 11.1 Å². The number of Topliss-reactive ketones (excluding diaryl/α,β-unsaturated/α-hetero) is 1. The van der Waals surface area contributed by atoms with Gasteiger partial charge in [0, 0.05) is 18.4 Å². The highest BCUT2D eigenvalue weighted by molar-refractivity contribution is 5.98. The average molecular weight is 352 g/mol. The Labute approximate surface area is 151 Å². The Kier molecular flexibility index (Phi) is 5.46. The van der Waals surface area contributed by atoms with Crippen LogP contribution in [0.1, 0.15) is 36.5 Å². The van der Waals surface area contributed by atoms with Crippen LogP contribution in [-0.2, 0) is 19.1 Å². The monoisotopic (exact) mass is 352 g/mol. The minimum Gasteiger partial charge on any atom is -0.460 e. The molecule has 0 aliphatic carbocycles. The third-order valence-electron chi connectivity index (χ3n) is 4.27. The summed E-state index contributed by atoms with van der Waals surface area (Å²) in [6.45, 7) is 1.74. The molecule has 0 saturated carbocycles. The van der Waals surface area contributed by atoms with Crippen molar-refractivity contribution in [3.05, 3.63) is 60.2 Å². The van der Waals surface area contributed by atoms with Crippen LogP contribution in [0.4, 0.5) is 0 Å². The fraction of sp³-hybridized carbons (Fsp3) is 0.286. The van der Waals surface area contributed by atoms with Gasteiger partial charge in [-0.1, -0.05) is 54.6 Å². The van der Waals surface area contributed by atoms with Crippen LogP contribution in [0.25, 0.3) is 11.1 Å². The molecule has 5 nitrogen and oxygen atoms in total. The topological polar surface area (TPSA) is 69.7 Å². The van der Waals surface area contributed by atoms with E-state index < -0.39 is 18.0 Å². The van der Waals surface area contributed by atoms with Crippen molar-refractivity contribution in [2.24, 2.45) is 0 Å². The van der Waals surface area contributed by atoms with Crippen molar-refractivity contribution in [2.45, 2.75) is 38.4 Å². The molecule has 0 aromatic heterocycles. The summed E-state index contributed by atoms with van der Waals surface area (Å²) < 4.78 is 10.0. The molecule has 2 atom stereocenters. The number of ketones is 1. The molecule has 26 heavy (non-hydrogen) atoms. The van der Waals surface area contributed by atoms with Gasteiger partial charge in [-0.15, -0.1) is 0 Å². The zero-order valence-electron chi connectivity index (χ0n) is 14.5. The van der Waals surface area contributed by atoms with Crippen molar-refractivity contribution in [3.8, 4) is 11.1 Å². The fourth-order valence-electron chi connectivity index (χ4n) is 2.87. The summed E-state index contributed by atoms with van der Waals surface area (Å²) in [6, 6.07) is 17.2. The standard InChI is InChI=1S/C21H20O5/c1-14-13-19(21(24)25-14)26-20(23)12-11-18(22)17-9-7-16(8-10-17)15-5-3-2-4-6-15/h2-10,14,19H,11-13H2,1H3/t14-,19+/m1/s1. The largest absolute Gasteiger partial charge is 0.460 e. The molecule has 134 valence electrons. The van der Waals surface area contributed by atoms with Gasteiger partial charge in [0.1, 0.15) is 6.10 Å². The number of carbonyl (C=O) groups is 3. The first-order valence-electron chi connectivity index (χ1n) is 8.61. The van der Waals surface area contributed by atoms with Crippen molar-refractivity contribution in [3.63, 3.8) is 0 Å². The van der Waals surface area contributed by atoms with E-state index in [1.165, 1.54) is 0 Å². The summed E-state index contributed by atoms with van der Waals surface area (Å²) in [7, 11) is 0. The SMILES string of the molecule is C[C@@H]1C[C@H](OC(=O)CCC(=O)c2ccc(-c3ccccc3)cc2)C(=O)O1. The molecule has 1 saturated heterocycles. The van der Waals surface area contributed by atoms with E-state index in [1.807, 2.05) is 42.5 Å². The van der Waals surface area contributed by atoms with Gasteiger partial charge in [-0.2, -0.15) is 0 Å². The fourth-order valence-corrected chi connectivity index (χ4v) is 2.87. The molecule has 0 bridgehead atoms. The lowest BCUT2D eigenvalue weighted by molar-refractivity contribution is -0.160. The minimum atomic E-state index is -0.849. The predicted molar refractivity (Wildman–Crippen MR) is 95.5 cm³/mol. The number of carbonyl (C=O) groups excluding carboxylic acids is 3. The molecular formula is C21H20O5. The molecule has 0 spiro atoms. The number of esters is 2. The summed E-state index contributed by atoms with van der Waals surface area (Å²) in [6.07, 6.45) is -0.750. The molecular weight excluding hydrogens is 332 g/mol. The maximum atomic E-state index is 12.3. The Morgan fingerprint density at radius 2 is 1.65 bits per heavy atom. The lowest BCUT2D eigenvalue weighted by atomic mass is 10.0. The molecule has 0 radical (unpaired) electrons. The van der Waals surface area contributed by atoms with Gasteiger partial charge in [0.05, 0.1) is 6.42 Å². The third-order valence-corrected chi connectivity index (χ3v) is 4.27. The molecule has 3 rings (SSSR count). The number of hydrogen-bond donors (Lipinski definition) is 0. The smallest absolute Gasteiger partial charge is 0.347 e. The normalized spacial score (nSPS) is 19.0. The van der Waals surface area contributed by atoms with Crippen molar-refractivity contribution >= 4 is 17.7 Å². The number of cyclic esters (lactones) is 1. The number of rotatable bonds is 6. The third kappa shape index (κ3) is 4.36. The van der Waals surface area contributed by atoms with Crippen molar-refractivity contribution in [2.75, 3.05) is 0 Å². The maximum Gasteiger partial charge on any atom is 0.347 e. The molecule has 1 heterocycles. The Balaban J connectivity index is 1.52. The highest BCUT2D eigenvalue weighted by atomic mass is 16.6. The number of hydrogen-bond acceptors (Lipinski definition) is 5. The molecule has 0 N–H and O–H groups in total.